The van der Waals surface area contributed by atoms with Gasteiger partial charge in [-0.2, -0.15) is 0 Å². The van der Waals surface area contributed by atoms with Crippen LogP contribution in [0.5, 0.6) is 0 Å². The molecular formula is C2H4IP. The lowest BCUT2D eigenvalue weighted by atomic mass is 11.3. The minimum atomic E-state index is 1.90. The molecule has 0 radical (unpaired) electrons. The van der Waals surface area contributed by atoms with Gasteiger partial charge < -0.3 is 0 Å². The van der Waals surface area contributed by atoms with Crippen LogP contribution in [-0.4, -0.2) is 0 Å². The van der Waals surface area contributed by atoms with Crippen LogP contribution < -0.4 is 0 Å². The molecule has 1 unspecified atom stereocenters. The zero-order valence-corrected chi connectivity index (χ0v) is 5.42. The first-order chi connectivity index (χ1) is 1.91. The van der Waals surface area contributed by atoms with Crippen molar-refractivity contribution in [2.75, 3.05) is 0 Å². The molecular weight excluding hydrogens is 182 g/mol. The molecule has 0 aliphatic heterocycles. The summed E-state index contributed by atoms with van der Waals surface area (Å²) in [6, 6.07) is 0. The number of rotatable bonds is 0. The molecule has 4 heavy (non-hydrogen) atoms. The van der Waals surface area contributed by atoms with Crippen molar-refractivity contribution in [1.29, 1.82) is 0 Å². The Labute approximate surface area is 42.0 Å². The van der Waals surface area contributed by atoms with Gasteiger partial charge in [-0.25, -0.2) is 0 Å². The maximum atomic E-state index is 2.47. The molecule has 0 heterocycles. The second-order valence-corrected chi connectivity index (χ2v) is 1.42. The zero-order chi connectivity index (χ0) is 3.41. The van der Waals surface area contributed by atoms with E-state index in [0.717, 1.165) is 0 Å². The fourth-order valence-corrected chi connectivity index (χ4v) is 0. The van der Waals surface area contributed by atoms with E-state index >= 15 is 0 Å². The van der Waals surface area contributed by atoms with Crippen molar-refractivity contribution in [3.8, 4) is 0 Å². The Bertz CT molecular complexity index is 21.2. The van der Waals surface area contributed by atoms with Crippen LogP contribution in [-0.2, 0) is 0 Å². The van der Waals surface area contributed by atoms with Crippen molar-refractivity contribution < 1.29 is 0 Å². The molecule has 2 heteroatoms. The molecule has 0 nitrogen and oxygen atoms in total. The molecule has 0 aliphatic carbocycles. The second kappa shape index (κ2) is 3.90. The molecule has 0 saturated heterocycles. The Balaban J connectivity index is 2.55. The molecule has 1 atom stereocenters. The predicted octanol–water partition coefficient (Wildman–Crippen LogP) is 1.77. The monoisotopic (exact) mass is 186 g/mol. The van der Waals surface area contributed by atoms with Crippen LogP contribution in [0.25, 0.3) is 0 Å². The third kappa shape index (κ3) is 2.90. The summed E-state index contributed by atoms with van der Waals surface area (Å²) in [5, 5.41) is 0. The minimum Gasteiger partial charge on any atom is -0.113 e. The van der Waals surface area contributed by atoms with Crippen LogP contribution in [0.3, 0.4) is 0 Å². The van der Waals surface area contributed by atoms with Gasteiger partial charge >= 0.3 is 0 Å². The minimum absolute atomic E-state index is 1.90. The first-order valence-electron chi connectivity index (χ1n) is 0.885. The summed E-state index contributed by atoms with van der Waals surface area (Å²) in [4.78, 5) is 0. The van der Waals surface area contributed by atoms with Gasteiger partial charge in [-0.3, -0.25) is 0 Å². The summed E-state index contributed by atoms with van der Waals surface area (Å²) < 4.78 is 1.93. The van der Waals surface area contributed by atoms with E-state index in [1.807, 2.05) is 9.90 Å². The fourth-order valence-electron chi connectivity index (χ4n) is 0. The van der Waals surface area contributed by atoms with Gasteiger partial charge in [-0.05, 0) is 4.08 Å². The predicted molar refractivity (Wildman–Crippen MR) is 32.9 cm³/mol. The highest BCUT2D eigenvalue weighted by Crippen LogP contribution is 1.87. The molecule has 0 fully saturated rings. The van der Waals surface area contributed by atoms with E-state index in [1.165, 1.54) is 0 Å². The van der Waals surface area contributed by atoms with E-state index in [1.54, 1.807) is 0 Å². The van der Waals surface area contributed by atoms with Gasteiger partial charge in [0.15, 0.2) is 0 Å². The second-order valence-electron chi connectivity index (χ2n) is 0.318. The lowest BCUT2D eigenvalue weighted by Gasteiger charge is -1.47. The highest BCUT2D eigenvalue weighted by atomic mass is 127. The van der Waals surface area contributed by atoms with Crippen LogP contribution >= 0.6 is 31.8 Å². The highest BCUT2D eigenvalue weighted by molar-refractivity contribution is 14.1. The number of hydrogen-bond donors (Lipinski definition) is 0. The van der Waals surface area contributed by atoms with Gasteiger partial charge in [0.25, 0.3) is 0 Å². The largest absolute Gasteiger partial charge is 0.113 e. The number of hydrogen-bond acceptors (Lipinski definition) is 0. The van der Waals surface area contributed by atoms with Crippen molar-refractivity contribution in [1.82, 2.24) is 0 Å². The van der Waals surface area contributed by atoms with Crippen molar-refractivity contribution in [2.45, 2.75) is 0 Å². The quantitative estimate of drug-likeness (QED) is 0.399. The van der Waals surface area contributed by atoms with Crippen molar-refractivity contribution in [3.63, 3.8) is 0 Å². The van der Waals surface area contributed by atoms with Crippen LogP contribution in [0.1, 0.15) is 0 Å². The lowest BCUT2D eigenvalue weighted by molar-refractivity contribution is 2.64. The van der Waals surface area contributed by atoms with E-state index < -0.39 is 0 Å². The van der Waals surface area contributed by atoms with E-state index in [-0.39, 0.29) is 0 Å². The van der Waals surface area contributed by atoms with Crippen LogP contribution in [0.4, 0.5) is 0 Å². The smallest absolute Gasteiger partial charge is 0.0234 e. The molecule has 0 amide bonds. The molecule has 0 aromatic rings. The van der Waals surface area contributed by atoms with E-state index in [9.17, 15) is 0 Å². The Morgan fingerprint density at radius 3 is 2.00 bits per heavy atom. The van der Waals surface area contributed by atoms with Crippen LogP contribution in [0.15, 0.2) is 9.90 Å². The molecule has 0 bridgehead atoms. The molecule has 0 aromatic carbocycles. The maximum Gasteiger partial charge on any atom is -0.0234 e. The van der Waals surface area contributed by atoms with Gasteiger partial charge in [0.2, 0.25) is 0 Å². The fraction of sp³-hybridized carbons (Fsp3) is 0. The summed E-state index contributed by atoms with van der Waals surface area (Å²) in [5.41, 5.74) is 0. The van der Waals surface area contributed by atoms with Gasteiger partial charge in [0.05, 0.1) is 0 Å². The van der Waals surface area contributed by atoms with Gasteiger partial charge in [0, 0.05) is 0 Å². The average Bonchev–Trinajstić information content (AvgIpc) is 1.37. The van der Waals surface area contributed by atoms with Crippen molar-refractivity contribution >= 4 is 31.8 Å². The van der Waals surface area contributed by atoms with Crippen LogP contribution in [0.2, 0.25) is 0 Å². The Kier molecular flexibility index (Phi) is 4.78. The van der Waals surface area contributed by atoms with Gasteiger partial charge in [-0.1, -0.05) is 28.4 Å². The molecule has 24 valence electrons. The normalized spacial score (nSPS) is 9.50. The first kappa shape index (κ1) is 4.90. The SMILES string of the molecule is PC=CI. The summed E-state index contributed by atoms with van der Waals surface area (Å²) in [5.74, 6) is 1.90. The van der Waals surface area contributed by atoms with E-state index in [0.29, 0.717) is 0 Å². The molecule has 0 spiro atoms. The summed E-state index contributed by atoms with van der Waals surface area (Å²) >= 11 is 2.15. The topological polar surface area (TPSA) is 0 Å². The Hall–Kier alpha value is 0.900. The van der Waals surface area contributed by atoms with E-state index in [2.05, 4.69) is 31.8 Å². The highest BCUT2D eigenvalue weighted by Gasteiger charge is 1.36. The summed E-state index contributed by atoms with van der Waals surface area (Å²) in [6.45, 7) is 0. The van der Waals surface area contributed by atoms with E-state index in [4.69, 9.17) is 0 Å². The maximum absolute atomic E-state index is 2.47. The van der Waals surface area contributed by atoms with Gasteiger partial charge in [0.1, 0.15) is 0 Å². The van der Waals surface area contributed by atoms with Crippen LogP contribution in [0, 0.1) is 0 Å². The van der Waals surface area contributed by atoms with Crippen molar-refractivity contribution in [2.24, 2.45) is 0 Å². The molecule has 0 aliphatic rings. The number of halogens is 1. The zero-order valence-electron chi connectivity index (χ0n) is 2.11. The van der Waals surface area contributed by atoms with Crippen molar-refractivity contribution in [3.05, 3.63) is 9.90 Å². The third-order valence-corrected chi connectivity index (χ3v) is 1.46. The standard InChI is InChI=1S/C2H4IP/c3-1-2-4/h1-2H,4H2. The summed E-state index contributed by atoms with van der Waals surface area (Å²) in [7, 11) is 2.47. The third-order valence-electron chi connectivity index (χ3n) is 0.0727. The Morgan fingerprint density at radius 2 is 2.00 bits per heavy atom. The lowest BCUT2D eigenvalue weighted by Crippen LogP contribution is -1.07. The summed E-state index contributed by atoms with van der Waals surface area (Å²) in [6.07, 6.45) is 0. The first-order valence-corrected chi connectivity index (χ1v) is 2.80. The molecule has 0 saturated carbocycles. The molecule has 0 N–H and O–H groups in total. The molecule has 0 aromatic heterocycles. The molecule has 0 rings (SSSR count). The van der Waals surface area contributed by atoms with Gasteiger partial charge in [-0.15, -0.1) is 9.24 Å². The average molecular weight is 186 g/mol. The Morgan fingerprint density at radius 1 is 1.75 bits per heavy atom.